The Balaban J connectivity index is 1.90. The summed E-state index contributed by atoms with van der Waals surface area (Å²) in [7, 11) is 0. The van der Waals surface area contributed by atoms with E-state index in [2.05, 4.69) is 11.1 Å². The summed E-state index contributed by atoms with van der Waals surface area (Å²) in [6.07, 6.45) is 2.68. The Morgan fingerprint density at radius 2 is 2.08 bits per heavy atom. The molecule has 0 radical (unpaired) electrons. The number of aliphatic hydroxyl groups excluding tert-OH is 1. The minimum absolute atomic E-state index is 0.0119. The summed E-state index contributed by atoms with van der Waals surface area (Å²) < 4.78 is 0. The Kier molecular flexibility index (Phi) is 2.45. The second kappa shape index (κ2) is 4.15. The first-order valence-corrected chi connectivity index (χ1v) is 8.66. The van der Waals surface area contributed by atoms with Crippen LogP contribution in [0.3, 0.4) is 0 Å². The van der Waals surface area contributed by atoms with E-state index in [1.54, 1.807) is 4.90 Å². The van der Waals surface area contributed by atoms with Crippen LogP contribution in [-0.2, 0) is 21.4 Å². The molecule has 2 fully saturated rings. The summed E-state index contributed by atoms with van der Waals surface area (Å²) in [6, 6.07) is 6.16. The number of aromatic amines is 1. The van der Waals surface area contributed by atoms with Crippen LogP contribution in [0.25, 0.3) is 10.9 Å². The van der Waals surface area contributed by atoms with Gasteiger partial charge < -0.3 is 15.0 Å². The number of H-pyrrole nitrogens is 1. The number of hydrogen-bond acceptors (Lipinski definition) is 3. The van der Waals surface area contributed by atoms with E-state index < -0.39 is 11.0 Å². The quantitative estimate of drug-likeness (QED) is 0.441. The number of aliphatic hydroxyl groups is 1. The molecule has 3 aliphatic rings. The number of aromatic nitrogens is 1. The van der Waals surface area contributed by atoms with Crippen LogP contribution >= 0.6 is 0 Å². The van der Waals surface area contributed by atoms with Crippen LogP contribution in [0, 0.1) is 5.92 Å². The molecule has 25 heavy (non-hydrogen) atoms. The van der Waals surface area contributed by atoms with Crippen LogP contribution in [0.1, 0.15) is 31.9 Å². The van der Waals surface area contributed by atoms with Crippen molar-refractivity contribution in [2.75, 3.05) is 6.54 Å². The SMILES string of the molecule is C/C(O)=C1/C(=O)N2CC3(C1=O)c1c[nH]c4cccc(c14)CC3C2(C)C. The van der Waals surface area contributed by atoms with Crippen LogP contribution in [-0.4, -0.2) is 38.8 Å². The van der Waals surface area contributed by atoms with Crippen molar-refractivity contribution in [3.05, 3.63) is 46.9 Å². The maximum atomic E-state index is 13.5. The van der Waals surface area contributed by atoms with Gasteiger partial charge in [-0.25, -0.2) is 0 Å². The van der Waals surface area contributed by atoms with Gasteiger partial charge in [0.15, 0.2) is 5.78 Å². The summed E-state index contributed by atoms with van der Waals surface area (Å²) in [4.78, 5) is 31.6. The van der Waals surface area contributed by atoms with Gasteiger partial charge in [-0.2, -0.15) is 0 Å². The molecule has 2 aliphatic heterocycles. The number of nitrogens with zero attached hydrogens (tertiary/aromatic N) is 1. The van der Waals surface area contributed by atoms with Gasteiger partial charge in [-0.15, -0.1) is 0 Å². The number of allylic oxidation sites excluding steroid dienone is 1. The smallest absolute Gasteiger partial charge is 0.261 e. The first-order chi connectivity index (χ1) is 11.8. The number of hydrogen-bond donors (Lipinski definition) is 2. The molecule has 2 bridgehead atoms. The average molecular weight is 336 g/mol. The Hall–Kier alpha value is -2.56. The summed E-state index contributed by atoms with van der Waals surface area (Å²) in [5.74, 6) is -0.756. The maximum absolute atomic E-state index is 13.5. The molecule has 1 amide bonds. The second-order valence-electron chi connectivity index (χ2n) is 8.10. The zero-order valence-corrected chi connectivity index (χ0v) is 14.5. The van der Waals surface area contributed by atoms with Crippen molar-refractivity contribution in [3.8, 4) is 0 Å². The van der Waals surface area contributed by atoms with Gasteiger partial charge in [0.25, 0.3) is 5.91 Å². The lowest BCUT2D eigenvalue weighted by Gasteiger charge is -2.40. The standard InChI is InChI=1S/C20H20N2O3/c1-10(23)15-17(24)20-9-22(18(15)25)19(2,3)14(20)7-11-5-4-6-13-16(11)12(20)8-21-13/h4-6,8,14,21,23H,7,9H2,1-3H3/b15-10-. The van der Waals surface area contributed by atoms with Crippen LogP contribution < -0.4 is 0 Å². The highest BCUT2D eigenvalue weighted by molar-refractivity contribution is 6.27. The third-order valence-electron chi connectivity index (χ3n) is 6.70. The molecule has 1 aromatic carbocycles. The highest BCUT2D eigenvalue weighted by Crippen LogP contribution is 2.58. The van der Waals surface area contributed by atoms with Gasteiger partial charge in [-0.3, -0.25) is 9.59 Å². The fourth-order valence-electron chi connectivity index (χ4n) is 5.51. The lowest BCUT2D eigenvalue weighted by Crippen LogP contribution is -2.52. The van der Waals surface area contributed by atoms with Gasteiger partial charge in [-0.05, 0) is 44.4 Å². The molecule has 1 spiro atoms. The fraction of sp³-hybridized carbons (Fsp3) is 0.400. The Morgan fingerprint density at radius 3 is 2.80 bits per heavy atom. The molecule has 5 rings (SSSR count). The average Bonchev–Trinajstić information content (AvgIpc) is 3.06. The van der Waals surface area contributed by atoms with Gasteiger partial charge in [0, 0.05) is 35.1 Å². The molecule has 5 heteroatoms. The fourth-order valence-corrected chi connectivity index (χ4v) is 5.51. The highest BCUT2D eigenvalue weighted by Gasteiger charge is 2.68. The van der Waals surface area contributed by atoms with Crippen LogP contribution in [0.15, 0.2) is 35.7 Å². The Labute approximate surface area is 145 Å². The Bertz CT molecular complexity index is 1010. The molecule has 128 valence electrons. The molecular formula is C20H20N2O3. The number of nitrogens with one attached hydrogen (secondary N) is 1. The monoisotopic (exact) mass is 336 g/mol. The molecule has 3 heterocycles. The van der Waals surface area contributed by atoms with E-state index in [-0.39, 0.29) is 28.9 Å². The summed E-state index contributed by atoms with van der Waals surface area (Å²) in [5, 5.41) is 11.2. The molecular weight excluding hydrogens is 316 g/mol. The van der Waals surface area contributed by atoms with Crippen LogP contribution in [0.2, 0.25) is 0 Å². The molecule has 2 aromatic rings. The van der Waals surface area contributed by atoms with E-state index in [0.29, 0.717) is 6.54 Å². The van der Waals surface area contributed by atoms with E-state index in [1.165, 1.54) is 12.5 Å². The Morgan fingerprint density at radius 1 is 1.32 bits per heavy atom. The topological polar surface area (TPSA) is 73.4 Å². The molecule has 2 unspecified atom stereocenters. The first kappa shape index (κ1) is 14.8. The van der Waals surface area contributed by atoms with E-state index in [1.807, 2.05) is 32.2 Å². The van der Waals surface area contributed by atoms with E-state index in [0.717, 1.165) is 22.9 Å². The van der Waals surface area contributed by atoms with Gasteiger partial charge in [0.05, 0.1) is 5.41 Å². The lowest BCUT2D eigenvalue weighted by molar-refractivity contribution is -0.136. The third kappa shape index (κ3) is 1.42. The molecule has 2 atom stereocenters. The third-order valence-corrected chi connectivity index (χ3v) is 6.70. The molecule has 5 nitrogen and oxygen atoms in total. The number of amides is 1. The van der Waals surface area contributed by atoms with Crippen molar-refractivity contribution in [2.24, 2.45) is 5.92 Å². The lowest BCUT2D eigenvalue weighted by atomic mass is 9.59. The number of piperidine rings is 1. The predicted octanol–water partition coefficient (Wildman–Crippen LogP) is 2.61. The van der Waals surface area contributed by atoms with Gasteiger partial charge in [0.1, 0.15) is 11.3 Å². The normalized spacial score (nSPS) is 31.5. The van der Waals surface area contributed by atoms with E-state index >= 15 is 0 Å². The molecule has 0 saturated carbocycles. The molecule has 2 N–H and O–H groups in total. The van der Waals surface area contributed by atoms with Crippen molar-refractivity contribution in [1.29, 1.82) is 0 Å². The number of fused-ring (bicyclic) bond motifs is 1. The summed E-state index contributed by atoms with van der Waals surface area (Å²) >= 11 is 0. The predicted molar refractivity (Wildman–Crippen MR) is 93.3 cm³/mol. The number of carbonyl (C=O) groups is 2. The van der Waals surface area contributed by atoms with Crippen molar-refractivity contribution in [2.45, 2.75) is 38.1 Å². The van der Waals surface area contributed by atoms with Gasteiger partial charge >= 0.3 is 0 Å². The highest BCUT2D eigenvalue weighted by atomic mass is 16.3. The maximum Gasteiger partial charge on any atom is 0.261 e. The summed E-state index contributed by atoms with van der Waals surface area (Å²) in [6.45, 7) is 5.90. The molecule has 2 saturated heterocycles. The van der Waals surface area contributed by atoms with Gasteiger partial charge in [-0.1, -0.05) is 12.1 Å². The number of carbonyl (C=O) groups excluding carboxylic acids is 2. The minimum atomic E-state index is -0.774. The number of Topliss-reactive ketones (excluding diaryl/α,β-unsaturated/α-hetero) is 1. The van der Waals surface area contributed by atoms with Gasteiger partial charge in [0.2, 0.25) is 0 Å². The van der Waals surface area contributed by atoms with Crippen molar-refractivity contribution < 1.29 is 14.7 Å². The number of benzene rings is 1. The van der Waals surface area contributed by atoms with E-state index in [9.17, 15) is 14.7 Å². The van der Waals surface area contributed by atoms with Crippen molar-refractivity contribution >= 4 is 22.6 Å². The number of ketones is 1. The zero-order chi connectivity index (χ0) is 17.7. The molecule has 1 aromatic heterocycles. The van der Waals surface area contributed by atoms with Crippen LogP contribution in [0.4, 0.5) is 0 Å². The number of rotatable bonds is 0. The van der Waals surface area contributed by atoms with Crippen LogP contribution in [0.5, 0.6) is 0 Å². The zero-order valence-electron chi connectivity index (χ0n) is 14.5. The van der Waals surface area contributed by atoms with Crippen molar-refractivity contribution in [3.63, 3.8) is 0 Å². The second-order valence-corrected chi connectivity index (χ2v) is 8.10. The minimum Gasteiger partial charge on any atom is -0.512 e. The summed E-state index contributed by atoms with van der Waals surface area (Å²) in [5.41, 5.74) is 1.94. The van der Waals surface area contributed by atoms with E-state index in [4.69, 9.17) is 0 Å². The first-order valence-electron chi connectivity index (χ1n) is 8.66. The largest absolute Gasteiger partial charge is 0.512 e. The van der Waals surface area contributed by atoms with Crippen molar-refractivity contribution in [1.82, 2.24) is 9.88 Å². The molecule has 1 aliphatic carbocycles.